The smallest absolute Gasteiger partial charge is 0.191 e. The van der Waals surface area contributed by atoms with Crippen LogP contribution in [0.3, 0.4) is 0 Å². The second-order valence-corrected chi connectivity index (χ2v) is 8.50. The van der Waals surface area contributed by atoms with E-state index in [1.165, 1.54) is 32.1 Å². The van der Waals surface area contributed by atoms with E-state index in [4.69, 9.17) is 14.1 Å². The Morgan fingerprint density at radius 3 is 2.80 bits per heavy atom. The van der Waals surface area contributed by atoms with Crippen LogP contribution < -0.4 is 10.6 Å². The van der Waals surface area contributed by atoms with E-state index in [1.807, 2.05) is 30.3 Å². The maximum absolute atomic E-state index is 6.12. The van der Waals surface area contributed by atoms with Crippen LogP contribution in [0.5, 0.6) is 0 Å². The third kappa shape index (κ3) is 3.75. The number of benzene rings is 1. The molecule has 3 fully saturated rings. The lowest BCUT2D eigenvalue weighted by atomic mass is 9.54. The Labute approximate surface area is 195 Å². The van der Waals surface area contributed by atoms with E-state index in [2.05, 4.69) is 22.5 Å². The molecule has 2 aromatic rings. The zero-order valence-corrected chi connectivity index (χ0v) is 19.8. The fourth-order valence-electron chi connectivity index (χ4n) is 5.73. The lowest BCUT2D eigenvalue weighted by Crippen LogP contribution is -2.69. The number of rotatable bonds is 5. The molecule has 0 amide bonds. The molecule has 162 valence electrons. The van der Waals surface area contributed by atoms with E-state index >= 15 is 0 Å². The maximum Gasteiger partial charge on any atom is 0.191 e. The minimum Gasteiger partial charge on any atom is -0.443 e. The Morgan fingerprint density at radius 1 is 1.23 bits per heavy atom. The lowest BCUT2D eigenvalue weighted by molar-refractivity contribution is -0.125. The van der Waals surface area contributed by atoms with Gasteiger partial charge in [0.1, 0.15) is 5.69 Å². The molecule has 2 N–H and O–H groups in total. The number of nitrogens with one attached hydrogen (secondary N) is 2. The van der Waals surface area contributed by atoms with Crippen molar-refractivity contribution in [3.05, 3.63) is 42.4 Å². The number of fused-ring (bicyclic) bond motifs is 2. The minimum absolute atomic E-state index is 0. The molecule has 3 atom stereocenters. The van der Waals surface area contributed by atoms with Crippen LogP contribution in [0.1, 0.15) is 44.7 Å². The van der Waals surface area contributed by atoms with E-state index in [9.17, 15) is 0 Å². The molecule has 6 nitrogen and oxygen atoms in total. The molecule has 2 heterocycles. The van der Waals surface area contributed by atoms with Gasteiger partial charge in [-0.05, 0) is 26.2 Å². The summed E-state index contributed by atoms with van der Waals surface area (Å²) < 4.78 is 11.8. The van der Waals surface area contributed by atoms with Crippen molar-refractivity contribution in [1.29, 1.82) is 0 Å². The van der Waals surface area contributed by atoms with Gasteiger partial charge >= 0.3 is 0 Å². The Hall–Kier alpha value is -1.61. The van der Waals surface area contributed by atoms with Crippen molar-refractivity contribution in [2.45, 2.75) is 57.7 Å². The van der Waals surface area contributed by atoms with E-state index < -0.39 is 0 Å². The molecule has 5 rings (SSSR count). The number of hydrogen-bond donors (Lipinski definition) is 2. The number of halogens is 1. The average Bonchev–Trinajstić information content (AvgIpc) is 3.50. The molecule has 30 heavy (non-hydrogen) atoms. The van der Waals surface area contributed by atoms with Gasteiger partial charge in [-0.1, -0.05) is 43.2 Å². The van der Waals surface area contributed by atoms with Crippen LogP contribution in [0.15, 0.2) is 46.1 Å². The molecule has 1 aliphatic heterocycles. The number of oxazole rings is 1. The fourth-order valence-corrected chi connectivity index (χ4v) is 5.73. The first-order valence-electron chi connectivity index (χ1n) is 11.0. The van der Waals surface area contributed by atoms with Gasteiger partial charge in [-0.15, -0.1) is 24.0 Å². The second kappa shape index (κ2) is 9.26. The van der Waals surface area contributed by atoms with Gasteiger partial charge in [-0.2, -0.15) is 0 Å². The van der Waals surface area contributed by atoms with Crippen molar-refractivity contribution in [3.8, 4) is 11.3 Å². The summed E-state index contributed by atoms with van der Waals surface area (Å²) in [4.78, 5) is 9.28. The summed E-state index contributed by atoms with van der Waals surface area (Å²) in [5.74, 6) is 2.28. The van der Waals surface area contributed by atoms with Crippen LogP contribution in [0, 0.1) is 11.3 Å². The fraction of sp³-hybridized carbons (Fsp3) is 0.565. The highest BCUT2D eigenvalue weighted by Gasteiger charge is 2.65. The largest absolute Gasteiger partial charge is 0.443 e. The molecule has 3 aliphatic rings. The first-order valence-corrected chi connectivity index (χ1v) is 11.0. The van der Waals surface area contributed by atoms with Gasteiger partial charge in [0.25, 0.3) is 0 Å². The first-order chi connectivity index (χ1) is 14.3. The molecule has 1 spiro atoms. The van der Waals surface area contributed by atoms with Gasteiger partial charge in [0.15, 0.2) is 18.1 Å². The third-order valence-electron chi connectivity index (χ3n) is 6.99. The number of nitrogens with zero attached hydrogens (tertiary/aromatic N) is 2. The molecule has 1 aromatic carbocycles. The van der Waals surface area contributed by atoms with E-state index in [0.29, 0.717) is 30.0 Å². The molecule has 3 unspecified atom stereocenters. The zero-order chi connectivity index (χ0) is 19.7. The first kappa shape index (κ1) is 21.6. The van der Waals surface area contributed by atoms with Crippen molar-refractivity contribution >= 4 is 29.9 Å². The number of hydrogen-bond acceptors (Lipinski definition) is 4. The summed E-state index contributed by atoms with van der Waals surface area (Å²) in [5, 5.41) is 7.21. The van der Waals surface area contributed by atoms with Gasteiger partial charge in [-0.3, -0.25) is 0 Å². The summed E-state index contributed by atoms with van der Waals surface area (Å²) in [6.45, 7) is 4.33. The van der Waals surface area contributed by atoms with Crippen LogP contribution in [0.4, 0.5) is 0 Å². The highest BCUT2D eigenvalue weighted by Crippen LogP contribution is 2.60. The maximum atomic E-state index is 6.12. The standard InChI is InChI=1S/C23H30N4O2.HI/c1-2-24-22(25-14-18-19(29-15-26-18)16-8-4-3-5-9-16)27-20-17-10-13-28-21(17)23(20)11-6-7-12-23;/h3-5,8-9,15,17,20-21H,2,6-7,10-14H2,1H3,(H2,24,25,27);1H. The lowest BCUT2D eigenvalue weighted by Gasteiger charge is -2.57. The van der Waals surface area contributed by atoms with Crippen molar-refractivity contribution < 1.29 is 9.15 Å². The molecule has 1 aromatic heterocycles. The quantitative estimate of drug-likeness (QED) is 0.347. The van der Waals surface area contributed by atoms with Gasteiger partial charge in [0.05, 0.1) is 12.6 Å². The van der Waals surface area contributed by atoms with Crippen LogP contribution in [-0.2, 0) is 11.3 Å². The zero-order valence-electron chi connectivity index (χ0n) is 17.5. The van der Waals surface area contributed by atoms with Crippen LogP contribution >= 0.6 is 24.0 Å². The minimum atomic E-state index is 0. The highest BCUT2D eigenvalue weighted by atomic mass is 127. The van der Waals surface area contributed by atoms with Crippen LogP contribution in [-0.4, -0.2) is 36.2 Å². The molecule has 2 aliphatic carbocycles. The molecular formula is C23H31IN4O2. The van der Waals surface area contributed by atoms with E-state index in [1.54, 1.807) is 0 Å². The molecule has 0 radical (unpaired) electrons. The number of ether oxygens (including phenoxy) is 1. The topological polar surface area (TPSA) is 71.7 Å². The normalized spacial score (nSPS) is 26.7. The van der Waals surface area contributed by atoms with Crippen LogP contribution in [0.2, 0.25) is 0 Å². The summed E-state index contributed by atoms with van der Waals surface area (Å²) >= 11 is 0. The van der Waals surface area contributed by atoms with E-state index in [-0.39, 0.29) is 24.0 Å². The summed E-state index contributed by atoms with van der Waals surface area (Å²) in [6, 6.07) is 10.6. The van der Waals surface area contributed by atoms with Crippen molar-refractivity contribution in [1.82, 2.24) is 15.6 Å². The van der Waals surface area contributed by atoms with Gasteiger partial charge in [-0.25, -0.2) is 9.98 Å². The third-order valence-corrected chi connectivity index (χ3v) is 6.99. The number of guanidine groups is 1. The van der Waals surface area contributed by atoms with Gasteiger partial charge in [0.2, 0.25) is 0 Å². The SMILES string of the molecule is CCNC(=NCc1ncoc1-c1ccccc1)NC1C2CCOC2C12CCCC2.I. The van der Waals surface area contributed by atoms with Crippen molar-refractivity contribution in [3.63, 3.8) is 0 Å². The summed E-state index contributed by atoms with van der Waals surface area (Å²) in [7, 11) is 0. The summed E-state index contributed by atoms with van der Waals surface area (Å²) in [5.41, 5.74) is 2.20. The molecule has 1 saturated heterocycles. The van der Waals surface area contributed by atoms with Crippen molar-refractivity contribution in [2.75, 3.05) is 13.2 Å². The Bertz CT molecular complexity index is 863. The van der Waals surface area contributed by atoms with Gasteiger partial charge in [0, 0.05) is 36.1 Å². The Kier molecular flexibility index (Phi) is 6.67. The highest BCUT2D eigenvalue weighted by molar-refractivity contribution is 14.0. The Morgan fingerprint density at radius 2 is 2.03 bits per heavy atom. The monoisotopic (exact) mass is 522 g/mol. The number of aliphatic imine (C=N–C) groups is 1. The summed E-state index contributed by atoms with van der Waals surface area (Å²) in [6.07, 6.45) is 8.29. The van der Waals surface area contributed by atoms with Crippen molar-refractivity contribution in [2.24, 2.45) is 16.3 Å². The van der Waals surface area contributed by atoms with E-state index in [0.717, 1.165) is 42.5 Å². The molecule has 7 heteroatoms. The second-order valence-electron chi connectivity index (χ2n) is 8.50. The predicted molar refractivity (Wildman–Crippen MR) is 128 cm³/mol. The average molecular weight is 522 g/mol. The predicted octanol–water partition coefficient (Wildman–Crippen LogP) is 4.36. The van der Waals surface area contributed by atoms with Gasteiger partial charge < -0.3 is 19.8 Å². The Balaban J connectivity index is 0.00000218. The number of aromatic nitrogens is 1. The molecular weight excluding hydrogens is 491 g/mol. The molecule has 2 saturated carbocycles. The molecule has 0 bridgehead atoms. The van der Waals surface area contributed by atoms with Crippen LogP contribution in [0.25, 0.3) is 11.3 Å².